The molecule has 1 fully saturated rings. The SMILES string of the molecule is Cc1nccnc1C(C)(NCC1CC1)C(=O)O. The van der Waals surface area contributed by atoms with Gasteiger partial charge < -0.3 is 5.11 Å². The molecule has 5 nitrogen and oxygen atoms in total. The lowest BCUT2D eigenvalue weighted by molar-refractivity contribution is -0.144. The first-order valence-corrected chi connectivity index (χ1v) is 5.80. The van der Waals surface area contributed by atoms with Crippen molar-refractivity contribution in [2.75, 3.05) is 6.54 Å². The molecule has 1 atom stereocenters. The topological polar surface area (TPSA) is 75.1 Å². The molecule has 0 aromatic carbocycles. The standard InChI is InChI=1S/C12H17N3O2/c1-8-10(14-6-5-13-8)12(2,11(16)17)15-7-9-3-4-9/h5-6,9,15H,3-4,7H2,1-2H3,(H,16,17). The number of carboxylic acids is 1. The van der Waals surface area contributed by atoms with Crippen molar-refractivity contribution in [3.8, 4) is 0 Å². The van der Waals surface area contributed by atoms with Crippen LogP contribution in [0.5, 0.6) is 0 Å². The van der Waals surface area contributed by atoms with Crippen LogP contribution < -0.4 is 5.32 Å². The fraction of sp³-hybridized carbons (Fsp3) is 0.583. The summed E-state index contributed by atoms with van der Waals surface area (Å²) < 4.78 is 0. The predicted molar refractivity (Wildman–Crippen MR) is 62.5 cm³/mol. The summed E-state index contributed by atoms with van der Waals surface area (Å²) >= 11 is 0. The van der Waals surface area contributed by atoms with Crippen molar-refractivity contribution < 1.29 is 9.90 Å². The van der Waals surface area contributed by atoms with Crippen molar-refractivity contribution >= 4 is 5.97 Å². The molecule has 0 saturated heterocycles. The Balaban J connectivity index is 2.25. The molecule has 5 heteroatoms. The van der Waals surface area contributed by atoms with E-state index in [-0.39, 0.29) is 0 Å². The van der Waals surface area contributed by atoms with Crippen molar-refractivity contribution in [1.29, 1.82) is 0 Å². The van der Waals surface area contributed by atoms with Crippen molar-refractivity contribution in [2.45, 2.75) is 32.2 Å². The zero-order chi connectivity index (χ0) is 12.5. The van der Waals surface area contributed by atoms with Crippen LogP contribution in [-0.2, 0) is 10.3 Å². The number of aromatic nitrogens is 2. The van der Waals surface area contributed by atoms with E-state index in [0.717, 1.165) is 6.54 Å². The molecule has 2 N–H and O–H groups in total. The van der Waals surface area contributed by atoms with Gasteiger partial charge in [0.05, 0.1) is 11.4 Å². The molecule has 1 aliphatic carbocycles. The number of aliphatic carboxylic acids is 1. The molecule has 1 heterocycles. The Morgan fingerprint density at radius 1 is 1.53 bits per heavy atom. The summed E-state index contributed by atoms with van der Waals surface area (Å²) in [5.74, 6) is -0.299. The van der Waals surface area contributed by atoms with E-state index in [1.165, 1.54) is 19.0 Å². The molecular formula is C12H17N3O2. The number of hydrogen-bond donors (Lipinski definition) is 2. The van der Waals surface area contributed by atoms with Crippen LogP contribution in [0.1, 0.15) is 31.2 Å². The number of carboxylic acid groups (broad SMARTS) is 1. The van der Waals surface area contributed by atoms with Crippen LogP contribution in [0, 0.1) is 12.8 Å². The minimum Gasteiger partial charge on any atom is -0.480 e. The first kappa shape index (κ1) is 12.0. The third-order valence-electron chi connectivity index (χ3n) is 3.22. The summed E-state index contributed by atoms with van der Waals surface area (Å²) in [5, 5.41) is 12.5. The average Bonchev–Trinajstić information content (AvgIpc) is 3.10. The number of nitrogens with zero attached hydrogens (tertiary/aromatic N) is 2. The summed E-state index contributed by atoms with van der Waals surface area (Å²) in [5.41, 5.74) is -0.00477. The van der Waals surface area contributed by atoms with Gasteiger partial charge >= 0.3 is 5.97 Å². The van der Waals surface area contributed by atoms with Crippen molar-refractivity contribution in [2.24, 2.45) is 5.92 Å². The molecule has 0 aliphatic heterocycles. The Hall–Kier alpha value is -1.49. The minimum absolute atomic E-state index is 0.494. The normalized spacial score (nSPS) is 18.7. The van der Waals surface area contributed by atoms with Gasteiger partial charge in [0.2, 0.25) is 0 Å². The lowest BCUT2D eigenvalue weighted by Crippen LogP contribution is -2.48. The zero-order valence-electron chi connectivity index (χ0n) is 10.1. The number of rotatable bonds is 5. The van der Waals surface area contributed by atoms with E-state index >= 15 is 0 Å². The molecule has 92 valence electrons. The molecule has 0 radical (unpaired) electrons. The van der Waals surface area contributed by atoms with Gasteiger partial charge in [0.15, 0.2) is 5.54 Å². The number of carbonyl (C=O) groups is 1. The molecule has 0 bridgehead atoms. The number of aryl methyl sites for hydroxylation is 1. The second-order valence-electron chi connectivity index (χ2n) is 4.74. The van der Waals surface area contributed by atoms with E-state index in [4.69, 9.17) is 0 Å². The predicted octanol–water partition coefficient (Wildman–Crippen LogP) is 1.08. The van der Waals surface area contributed by atoms with Crippen molar-refractivity contribution in [3.63, 3.8) is 0 Å². The lowest BCUT2D eigenvalue weighted by Gasteiger charge is -2.26. The third-order valence-corrected chi connectivity index (χ3v) is 3.22. The maximum Gasteiger partial charge on any atom is 0.329 e. The van der Waals surface area contributed by atoms with Gasteiger partial charge in [-0.1, -0.05) is 0 Å². The van der Waals surface area contributed by atoms with Gasteiger partial charge in [-0.25, -0.2) is 4.79 Å². The van der Waals surface area contributed by atoms with Crippen LogP contribution in [0.4, 0.5) is 0 Å². The molecule has 2 rings (SSSR count). The number of nitrogens with one attached hydrogen (secondary N) is 1. The Bertz CT molecular complexity index is 432. The van der Waals surface area contributed by atoms with E-state index < -0.39 is 11.5 Å². The quantitative estimate of drug-likeness (QED) is 0.799. The molecule has 17 heavy (non-hydrogen) atoms. The summed E-state index contributed by atoms with van der Waals surface area (Å²) in [6, 6.07) is 0. The van der Waals surface area contributed by atoms with Gasteiger partial charge in [-0.3, -0.25) is 15.3 Å². The minimum atomic E-state index is -1.15. The smallest absolute Gasteiger partial charge is 0.329 e. The van der Waals surface area contributed by atoms with Crippen LogP contribution >= 0.6 is 0 Å². The molecule has 1 aromatic rings. The van der Waals surface area contributed by atoms with Crippen LogP contribution in [-0.4, -0.2) is 27.6 Å². The van der Waals surface area contributed by atoms with E-state index in [0.29, 0.717) is 17.3 Å². The van der Waals surface area contributed by atoms with Crippen LogP contribution in [0.25, 0.3) is 0 Å². The third kappa shape index (κ3) is 2.44. The van der Waals surface area contributed by atoms with E-state index in [1.807, 2.05) is 0 Å². The van der Waals surface area contributed by atoms with E-state index in [1.54, 1.807) is 20.0 Å². The van der Waals surface area contributed by atoms with Gasteiger partial charge in [0.25, 0.3) is 0 Å². The summed E-state index contributed by atoms with van der Waals surface area (Å²) in [6.07, 6.45) is 5.47. The highest BCUT2D eigenvalue weighted by molar-refractivity contribution is 5.79. The van der Waals surface area contributed by atoms with Crippen LogP contribution in [0.3, 0.4) is 0 Å². The van der Waals surface area contributed by atoms with Crippen molar-refractivity contribution in [1.82, 2.24) is 15.3 Å². The number of hydrogen-bond acceptors (Lipinski definition) is 4. The lowest BCUT2D eigenvalue weighted by atomic mass is 9.95. The summed E-state index contributed by atoms with van der Waals surface area (Å²) in [4.78, 5) is 19.7. The largest absolute Gasteiger partial charge is 0.480 e. The van der Waals surface area contributed by atoms with Crippen LogP contribution in [0.2, 0.25) is 0 Å². The van der Waals surface area contributed by atoms with Crippen molar-refractivity contribution in [3.05, 3.63) is 23.8 Å². The average molecular weight is 235 g/mol. The highest BCUT2D eigenvalue weighted by Gasteiger charge is 2.39. The Morgan fingerprint density at radius 3 is 2.71 bits per heavy atom. The highest BCUT2D eigenvalue weighted by Crippen LogP contribution is 2.30. The summed E-state index contributed by atoms with van der Waals surface area (Å²) in [6.45, 7) is 4.15. The Kier molecular flexibility index (Phi) is 3.11. The molecule has 1 aliphatic rings. The molecular weight excluding hydrogens is 218 g/mol. The summed E-state index contributed by atoms with van der Waals surface area (Å²) in [7, 11) is 0. The van der Waals surface area contributed by atoms with Gasteiger partial charge in [0.1, 0.15) is 0 Å². The molecule has 0 spiro atoms. The molecule has 1 aromatic heterocycles. The highest BCUT2D eigenvalue weighted by atomic mass is 16.4. The Morgan fingerprint density at radius 2 is 2.18 bits per heavy atom. The first-order valence-electron chi connectivity index (χ1n) is 5.80. The fourth-order valence-electron chi connectivity index (χ4n) is 1.83. The Labute approximate surface area is 100 Å². The van der Waals surface area contributed by atoms with E-state index in [2.05, 4.69) is 15.3 Å². The monoisotopic (exact) mass is 235 g/mol. The maximum atomic E-state index is 11.5. The fourth-order valence-corrected chi connectivity index (χ4v) is 1.83. The maximum absolute atomic E-state index is 11.5. The second-order valence-corrected chi connectivity index (χ2v) is 4.74. The van der Waals surface area contributed by atoms with Gasteiger partial charge in [-0.2, -0.15) is 0 Å². The van der Waals surface area contributed by atoms with Gasteiger partial charge in [0, 0.05) is 12.4 Å². The molecule has 1 saturated carbocycles. The van der Waals surface area contributed by atoms with Gasteiger partial charge in [-0.15, -0.1) is 0 Å². The van der Waals surface area contributed by atoms with E-state index in [9.17, 15) is 9.90 Å². The first-order chi connectivity index (χ1) is 8.04. The van der Waals surface area contributed by atoms with Gasteiger partial charge in [-0.05, 0) is 39.2 Å². The molecule has 0 amide bonds. The van der Waals surface area contributed by atoms with Crippen LogP contribution in [0.15, 0.2) is 12.4 Å². The zero-order valence-corrected chi connectivity index (χ0v) is 10.1. The molecule has 1 unspecified atom stereocenters. The second kappa shape index (κ2) is 4.41.